The quantitative estimate of drug-likeness (QED) is 0.659. The van der Waals surface area contributed by atoms with E-state index in [1.807, 2.05) is 29.5 Å². The highest BCUT2D eigenvalue weighted by molar-refractivity contribution is 5.86. The standard InChI is InChI=1S/C27H31N5O2/c33-27(32-14-12-31(13-15-32)21-5-3-6-21)19-30-11-8-22-23-16-24(20-4-1-2-9-28-10-7-20)29-17-25(23)34-26(22)18-30/h1,7,9-10,16-17,21H,2-3,5-6,8,11-15,18-19H2. The maximum Gasteiger partial charge on any atom is 0.236 e. The maximum atomic E-state index is 13.0. The summed E-state index contributed by atoms with van der Waals surface area (Å²) in [5.41, 5.74) is 7.17. The number of pyridine rings is 1. The van der Waals surface area contributed by atoms with Crippen molar-refractivity contribution in [2.75, 3.05) is 39.3 Å². The highest BCUT2D eigenvalue weighted by atomic mass is 16.3. The van der Waals surface area contributed by atoms with Crippen LogP contribution < -0.4 is 0 Å². The van der Waals surface area contributed by atoms with Crippen molar-refractivity contribution in [3.05, 3.63) is 53.4 Å². The predicted molar refractivity (Wildman–Crippen MR) is 133 cm³/mol. The first-order chi connectivity index (χ1) is 16.7. The molecule has 34 heavy (non-hydrogen) atoms. The van der Waals surface area contributed by atoms with Crippen LogP contribution in [0.25, 0.3) is 16.5 Å². The number of fused-ring (bicyclic) bond motifs is 3. The Bertz CT molecular complexity index is 1210. The van der Waals surface area contributed by atoms with Crippen LogP contribution in [0, 0.1) is 0 Å². The van der Waals surface area contributed by atoms with Crippen LogP contribution in [0.5, 0.6) is 0 Å². The van der Waals surface area contributed by atoms with Crippen LogP contribution in [0.2, 0.25) is 0 Å². The lowest BCUT2D eigenvalue weighted by atomic mass is 9.91. The summed E-state index contributed by atoms with van der Waals surface area (Å²) in [4.78, 5) is 28.7. The predicted octanol–water partition coefficient (Wildman–Crippen LogP) is 3.41. The molecular formula is C27H31N5O2. The number of aromatic nitrogens is 1. The van der Waals surface area contributed by atoms with E-state index in [4.69, 9.17) is 4.42 Å². The fraction of sp³-hybridized carbons (Fsp3) is 0.481. The van der Waals surface area contributed by atoms with Crippen molar-refractivity contribution < 1.29 is 9.21 Å². The van der Waals surface area contributed by atoms with Gasteiger partial charge in [-0.15, -0.1) is 5.73 Å². The Balaban J connectivity index is 1.12. The van der Waals surface area contributed by atoms with E-state index in [1.54, 1.807) is 6.20 Å². The molecule has 7 heteroatoms. The molecule has 1 aliphatic carbocycles. The number of rotatable bonds is 4. The van der Waals surface area contributed by atoms with E-state index in [-0.39, 0.29) is 5.91 Å². The number of furan rings is 1. The van der Waals surface area contributed by atoms with E-state index >= 15 is 0 Å². The van der Waals surface area contributed by atoms with Gasteiger partial charge in [0.25, 0.3) is 0 Å². The molecule has 0 aromatic carbocycles. The van der Waals surface area contributed by atoms with Crippen LogP contribution in [0.4, 0.5) is 0 Å². The van der Waals surface area contributed by atoms with Crippen LogP contribution in [0.3, 0.4) is 0 Å². The minimum Gasteiger partial charge on any atom is -0.458 e. The molecule has 4 aliphatic rings. The van der Waals surface area contributed by atoms with E-state index < -0.39 is 0 Å². The van der Waals surface area contributed by atoms with Crippen molar-refractivity contribution in [2.24, 2.45) is 4.99 Å². The maximum absolute atomic E-state index is 13.0. The topological polar surface area (TPSA) is 65.2 Å². The second-order valence-corrected chi connectivity index (χ2v) is 9.68. The molecule has 176 valence electrons. The second kappa shape index (κ2) is 9.34. The van der Waals surface area contributed by atoms with Crippen LogP contribution in [-0.2, 0) is 17.8 Å². The molecule has 1 saturated carbocycles. The van der Waals surface area contributed by atoms with Crippen molar-refractivity contribution >= 4 is 28.7 Å². The van der Waals surface area contributed by atoms with Gasteiger partial charge in [-0.3, -0.25) is 24.6 Å². The largest absolute Gasteiger partial charge is 0.458 e. The van der Waals surface area contributed by atoms with E-state index in [0.29, 0.717) is 13.1 Å². The number of hydrogen-bond acceptors (Lipinski definition) is 6. The fourth-order valence-electron chi connectivity index (χ4n) is 5.39. The summed E-state index contributed by atoms with van der Waals surface area (Å²) in [6, 6.07) is 2.87. The summed E-state index contributed by atoms with van der Waals surface area (Å²) >= 11 is 0. The molecule has 2 aromatic rings. The number of hydrogen-bond donors (Lipinski definition) is 0. The zero-order valence-corrected chi connectivity index (χ0v) is 19.6. The smallest absolute Gasteiger partial charge is 0.236 e. The van der Waals surface area contributed by atoms with Gasteiger partial charge < -0.3 is 9.32 Å². The molecule has 0 atom stereocenters. The number of aliphatic imine (C=N–C) groups is 1. The Morgan fingerprint density at radius 2 is 2.06 bits per heavy atom. The Labute approximate surface area is 200 Å². The average Bonchev–Trinajstić information content (AvgIpc) is 3.15. The minimum atomic E-state index is 0.245. The summed E-state index contributed by atoms with van der Waals surface area (Å²) in [7, 11) is 0. The van der Waals surface area contributed by atoms with Gasteiger partial charge in [0, 0.05) is 74.1 Å². The van der Waals surface area contributed by atoms with Gasteiger partial charge >= 0.3 is 0 Å². The summed E-state index contributed by atoms with van der Waals surface area (Å²) in [6.07, 6.45) is 15.0. The molecule has 7 nitrogen and oxygen atoms in total. The van der Waals surface area contributed by atoms with Gasteiger partial charge in [-0.25, -0.2) is 0 Å². The molecule has 0 unspecified atom stereocenters. The molecule has 3 aliphatic heterocycles. The first-order valence-electron chi connectivity index (χ1n) is 12.5. The summed E-state index contributed by atoms with van der Waals surface area (Å²) < 4.78 is 6.18. The van der Waals surface area contributed by atoms with Crippen molar-refractivity contribution in [2.45, 2.75) is 44.7 Å². The SMILES string of the molecule is O=C(CN1CCc2c(oc3cnc(C4=C=CCC=NC=C4)cc23)C1)N1CCN(C2CCC2)CC1. The van der Waals surface area contributed by atoms with Crippen molar-refractivity contribution in [1.82, 2.24) is 19.7 Å². The van der Waals surface area contributed by atoms with Gasteiger partial charge in [-0.05, 0) is 37.5 Å². The third-order valence-electron chi connectivity index (χ3n) is 7.61. The summed E-state index contributed by atoms with van der Waals surface area (Å²) in [6.45, 7) is 5.76. The number of piperazine rings is 1. The number of amides is 1. The van der Waals surface area contributed by atoms with Crippen molar-refractivity contribution in [3.8, 4) is 0 Å². The second-order valence-electron chi connectivity index (χ2n) is 9.68. The number of carbonyl (C=O) groups excluding carboxylic acids is 1. The third kappa shape index (κ3) is 4.27. The zero-order valence-electron chi connectivity index (χ0n) is 19.6. The highest BCUT2D eigenvalue weighted by Gasteiger charge is 2.31. The molecular weight excluding hydrogens is 426 g/mol. The van der Waals surface area contributed by atoms with Crippen molar-refractivity contribution in [1.29, 1.82) is 0 Å². The number of carbonyl (C=O) groups is 1. The molecule has 0 bridgehead atoms. The fourth-order valence-corrected chi connectivity index (χ4v) is 5.39. The zero-order chi connectivity index (χ0) is 22.9. The van der Waals surface area contributed by atoms with Crippen LogP contribution in [0.15, 0.2) is 45.8 Å². The molecule has 2 fully saturated rings. The Morgan fingerprint density at radius 1 is 1.18 bits per heavy atom. The average molecular weight is 458 g/mol. The first-order valence-corrected chi connectivity index (χ1v) is 12.5. The number of allylic oxidation sites excluding steroid dienone is 2. The van der Waals surface area contributed by atoms with Crippen molar-refractivity contribution in [3.63, 3.8) is 0 Å². The Morgan fingerprint density at radius 3 is 2.88 bits per heavy atom. The summed E-state index contributed by atoms with van der Waals surface area (Å²) in [5.74, 6) is 1.21. The molecule has 5 heterocycles. The third-order valence-corrected chi connectivity index (χ3v) is 7.61. The van der Waals surface area contributed by atoms with E-state index in [2.05, 4.69) is 31.6 Å². The lowest BCUT2D eigenvalue weighted by molar-refractivity contribution is -0.135. The van der Waals surface area contributed by atoms with Crippen LogP contribution in [0.1, 0.15) is 42.7 Å². The van der Waals surface area contributed by atoms with E-state index in [0.717, 1.165) is 79.6 Å². The Hall–Kier alpha value is -2.99. The van der Waals surface area contributed by atoms with Gasteiger partial charge in [0.15, 0.2) is 5.58 Å². The normalized spacial score (nSPS) is 21.8. The van der Waals surface area contributed by atoms with Gasteiger partial charge in [0.05, 0.1) is 25.0 Å². The van der Waals surface area contributed by atoms with E-state index in [9.17, 15) is 4.79 Å². The van der Waals surface area contributed by atoms with Gasteiger partial charge in [0.1, 0.15) is 5.76 Å². The highest BCUT2D eigenvalue weighted by Crippen LogP contribution is 2.32. The molecule has 1 saturated heterocycles. The van der Waals surface area contributed by atoms with Crippen LogP contribution >= 0.6 is 0 Å². The monoisotopic (exact) mass is 457 g/mol. The summed E-state index contributed by atoms with van der Waals surface area (Å²) in [5, 5.41) is 1.12. The van der Waals surface area contributed by atoms with Gasteiger partial charge in [0.2, 0.25) is 5.91 Å². The molecule has 1 amide bonds. The lowest BCUT2D eigenvalue weighted by Gasteiger charge is -2.43. The van der Waals surface area contributed by atoms with Gasteiger partial charge in [-0.1, -0.05) is 6.42 Å². The van der Waals surface area contributed by atoms with Crippen LogP contribution in [-0.4, -0.2) is 77.1 Å². The van der Waals surface area contributed by atoms with E-state index in [1.165, 1.54) is 24.8 Å². The molecule has 6 rings (SSSR count). The first kappa shape index (κ1) is 21.5. The Kier molecular flexibility index (Phi) is 5.91. The molecule has 0 N–H and O–H groups in total. The molecule has 0 radical (unpaired) electrons. The van der Waals surface area contributed by atoms with Gasteiger partial charge in [-0.2, -0.15) is 0 Å². The number of nitrogens with zero attached hydrogens (tertiary/aromatic N) is 5. The lowest BCUT2D eigenvalue weighted by Crippen LogP contribution is -2.55. The minimum absolute atomic E-state index is 0.245. The molecule has 2 aromatic heterocycles. The molecule has 0 spiro atoms.